The summed E-state index contributed by atoms with van der Waals surface area (Å²) in [5, 5.41) is 0. The number of hydrogen-bond acceptors (Lipinski definition) is 3. The van der Waals surface area contributed by atoms with Crippen LogP contribution in [0.4, 0.5) is 5.69 Å². The van der Waals surface area contributed by atoms with Crippen molar-refractivity contribution in [3.63, 3.8) is 0 Å². The second-order valence-corrected chi connectivity index (χ2v) is 9.49. The highest BCUT2D eigenvalue weighted by atomic mass is 79.9. The van der Waals surface area contributed by atoms with Gasteiger partial charge in [0.2, 0.25) is 10.0 Å². The third kappa shape index (κ3) is 3.56. The van der Waals surface area contributed by atoms with Gasteiger partial charge < -0.3 is 4.90 Å². The van der Waals surface area contributed by atoms with E-state index in [1.807, 2.05) is 18.2 Å². The Morgan fingerprint density at radius 2 is 2.00 bits per heavy atom. The van der Waals surface area contributed by atoms with Crippen molar-refractivity contribution in [1.29, 1.82) is 0 Å². The van der Waals surface area contributed by atoms with Gasteiger partial charge in [-0.3, -0.25) is 4.79 Å². The summed E-state index contributed by atoms with van der Waals surface area (Å²) in [4.78, 5) is 14.8. The SMILES string of the molecule is O=C(c1cccc(S(=O)(=O)NCC2CC2)c1)N1CCc2cc(Br)ccc21. The summed E-state index contributed by atoms with van der Waals surface area (Å²) in [7, 11) is -3.59. The molecule has 1 aliphatic heterocycles. The van der Waals surface area contributed by atoms with Crippen molar-refractivity contribution in [3.05, 3.63) is 58.1 Å². The van der Waals surface area contributed by atoms with Crippen LogP contribution in [-0.2, 0) is 16.4 Å². The molecule has 2 aromatic carbocycles. The quantitative estimate of drug-likeness (QED) is 0.784. The number of amides is 1. The lowest BCUT2D eigenvalue weighted by Gasteiger charge is -2.18. The molecular weight excluding hydrogens is 416 g/mol. The maximum absolute atomic E-state index is 12.9. The van der Waals surface area contributed by atoms with Crippen LogP contribution >= 0.6 is 15.9 Å². The summed E-state index contributed by atoms with van der Waals surface area (Å²) in [5.41, 5.74) is 2.39. The van der Waals surface area contributed by atoms with E-state index in [9.17, 15) is 13.2 Å². The van der Waals surface area contributed by atoms with Crippen LogP contribution in [0.15, 0.2) is 51.8 Å². The predicted octanol–water partition coefficient (Wildman–Crippen LogP) is 3.34. The number of carbonyl (C=O) groups is 1. The number of hydrogen-bond donors (Lipinski definition) is 1. The Kier molecular flexibility index (Phi) is 4.62. The summed E-state index contributed by atoms with van der Waals surface area (Å²) in [6.07, 6.45) is 2.94. The van der Waals surface area contributed by atoms with Gasteiger partial charge in [-0.1, -0.05) is 22.0 Å². The molecule has 4 rings (SSSR count). The Morgan fingerprint density at radius 3 is 2.77 bits per heavy atom. The second kappa shape index (κ2) is 6.79. The molecule has 2 aromatic rings. The van der Waals surface area contributed by atoms with E-state index in [1.54, 1.807) is 17.0 Å². The highest BCUT2D eigenvalue weighted by Gasteiger charge is 2.27. The first-order valence-corrected chi connectivity index (χ1v) is 10.9. The Labute approximate surface area is 161 Å². The van der Waals surface area contributed by atoms with Crippen LogP contribution in [-0.4, -0.2) is 27.4 Å². The zero-order valence-electron chi connectivity index (χ0n) is 14.1. The molecule has 0 bridgehead atoms. The monoisotopic (exact) mass is 434 g/mol. The fraction of sp³-hybridized carbons (Fsp3) is 0.316. The molecule has 0 atom stereocenters. The number of fused-ring (bicyclic) bond motifs is 1. The zero-order chi connectivity index (χ0) is 18.3. The first-order valence-electron chi connectivity index (χ1n) is 8.64. The minimum absolute atomic E-state index is 0.138. The minimum atomic E-state index is -3.59. The van der Waals surface area contributed by atoms with Gasteiger partial charge in [0.15, 0.2) is 0 Å². The first kappa shape index (κ1) is 17.7. The lowest BCUT2D eigenvalue weighted by atomic mass is 10.1. The van der Waals surface area contributed by atoms with Crippen molar-refractivity contribution in [3.8, 4) is 0 Å². The molecular formula is C19H19BrN2O3S. The number of sulfonamides is 1. The first-order chi connectivity index (χ1) is 12.4. The van der Waals surface area contributed by atoms with Crippen molar-refractivity contribution in [1.82, 2.24) is 4.72 Å². The highest BCUT2D eigenvalue weighted by molar-refractivity contribution is 9.10. The number of rotatable bonds is 5. The van der Waals surface area contributed by atoms with Gasteiger partial charge in [0.25, 0.3) is 5.91 Å². The van der Waals surface area contributed by atoms with Crippen molar-refractivity contribution in [2.45, 2.75) is 24.2 Å². The molecule has 5 nitrogen and oxygen atoms in total. The van der Waals surface area contributed by atoms with Crippen molar-refractivity contribution >= 4 is 37.5 Å². The van der Waals surface area contributed by atoms with Gasteiger partial charge in [0.1, 0.15) is 0 Å². The van der Waals surface area contributed by atoms with Gasteiger partial charge in [-0.05, 0) is 67.1 Å². The summed E-state index contributed by atoms with van der Waals surface area (Å²) in [6.45, 7) is 1.07. The van der Waals surface area contributed by atoms with Crippen LogP contribution < -0.4 is 9.62 Å². The van der Waals surface area contributed by atoms with Crippen LogP contribution in [0.3, 0.4) is 0 Å². The van der Waals surface area contributed by atoms with Gasteiger partial charge >= 0.3 is 0 Å². The van der Waals surface area contributed by atoms with Crippen LogP contribution in [0.5, 0.6) is 0 Å². The maximum atomic E-state index is 12.9. The lowest BCUT2D eigenvalue weighted by molar-refractivity contribution is 0.0989. The van der Waals surface area contributed by atoms with E-state index in [4.69, 9.17) is 0 Å². The Morgan fingerprint density at radius 1 is 1.19 bits per heavy atom. The van der Waals surface area contributed by atoms with Crippen LogP contribution in [0, 0.1) is 5.92 Å². The van der Waals surface area contributed by atoms with Gasteiger partial charge in [-0.15, -0.1) is 0 Å². The molecule has 2 aliphatic rings. The number of halogens is 1. The molecule has 0 unspecified atom stereocenters. The van der Waals surface area contributed by atoms with E-state index in [1.165, 1.54) is 12.1 Å². The summed E-state index contributed by atoms with van der Waals surface area (Å²) >= 11 is 3.45. The van der Waals surface area contributed by atoms with E-state index in [0.29, 0.717) is 24.6 Å². The van der Waals surface area contributed by atoms with E-state index in [2.05, 4.69) is 20.7 Å². The molecule has 1 amide bonds. The Bertz CT molecular complexity index is 970. The average Bonchev–Trinajstić information content (AvgIpc) is 3.38. The standard InChI is InChI=1S/C19H19BrN2O3S/c20-16-6-7-18-14(10-16)8-9-22(18)19(23)15-2-1-3-17(11-15)26(24,25)21-12-13-4-5-13/h1-3,6-7,10-11,13,21H,4-5,8-9,12H2. The smallest absolute Gasteiger partial charge is 0.258 e. The van der Waals surface area contributed by atoms with Gasteiger partial charge in [0.05, 0.1) is 4.90 Å². The zero-order valence-corrected chi connectivity index (χ0v) is 16.5. The van der Waals surface area contributed by atoms with Crippen LogP contribution in [0.1, 0.15) is 28.8 Å². The third-order valence-corrected chi connectivity index (χ3v) is 6.75. The predicted molar refractivity (Wildman–Crippen MR) is 104 cm³/mol. The molecule has 136 valence electrons. The molecule has 1 N–H and O–H groups in total. The molecule has 1 fully saturated rings. The molecule has 1 heterocycles. The lowest BCUT2D eigenvalue weighted by Crippen LogP contribution is -2.29. The van der Waals surface area contributed by atoms with E-state index in [0.717, 1.165) is 35.0 Å². The molecule has 1 aliphatic carbocycles. The number of anilines is 1. The Hall–Kier alpha value is -1.70. The number of nitrogens with zero attached hydrogens (tertiary/aromatic N) is 1. The average molecular weight is 435 g/mol. The molecule has 1 saturated carbocycles. The van der Waals surface area contributed by atoms with Gasteiger partial charge in [0, 0.05) is 28.8 Å². The molecule has 0 radical (unpaired) electrons. The van der Waals surface area contributed by atoms with Gasteiger partial charge in [-0.2, -0.15) is 0 Å². The third-order valence-electron chi connectivity index (χ3n) is 4.83. The van der Waals surface area contributed by atoms with Gasteiger partial charge in [-0.25, -0.2) is 13.1 Å². The molecule has 0 spiro atoms. The highest BCUT2D eigenvalue weighted by Crippen LogP contribution is 2.32. The molecule has 0 aromatic heterocycles. The van der Waals surface area contributed by atoms with Crippen molar-refractivity contribution in [2.75, 3.05) is 18.0 Å². The van der Waals surface area contributed by atoms with E-state index >= 15 is 0 Å². The minimum Gasteiger partial charge on any atom is -0.308 e. The molecule has 7 heteroatoms. The Balaban J connectivity index is 1.58. The second-order valence-electron chi connectivity index (χ2n) is 6.80. The van der Waals surface area contributed by atoms with Crippen LogP contribution in [0.25, 0.3) is 0 Å². The van der Waals surface area contributed by atoms with Crippen molar-refractivity contribution in [2.24, 2.45) is 5.92 Å². The normalized spacial score (nSPS) is 16.6. The fourth-order valence-electron chi connectivity index (χ4n) is 3.17. The summed E-state index contributed by atoms with van der Waals surface area (Å²) < 4.78 is 28.5. The topological polar surface area (TPSA) is 66.5 Å². The largest absolute Gasteiger partial charge is 0.308 e. The molecule has 0 saturated heterocycles. The maximum Gasteiger partial charge on any atom is 0.258 e. The summed E-state index contributed by atoms with van der Waals surface area (Å²) in [5.74, 6) is 0.278. The van der Waals surface area contributed by atoms with Crippen molar-refractivity contribution < 1.29 is 13.2 Å². The number of benzene rings is 2. The molecule has 26 heavy (non-hydrogen) atoms. The summed E-state index contributed by atoms with van der Waals surface area (Å²) in [6, 6.07) is 12.1. The van der Waals surface area contributed by atoms with Crippen LogP contribution in [0.2, 0.25) is 0 Å². The number of nitrogens with one attached hydrogen (secondary N) is 1. The van der Waals surface area contributed by atoms with E-state index < -0.39 is 10.0 Å². The fourth-order valence-corrected chi connectivity index (χ4v) is 4.74. The number of carbonyl (C=O) groups excluding carboxylic acids is 1. The van der Waals surface area contributed by atoms with E-state index in [-0.39, 0.29) is 10.8 Å².